The Kier molecular flexibility index (Phi) is 19.7. The van der Waals surface area contributed by atoms with Crippen molar-refractivity contribution in [1.82, 2.24) is 32.9 Å². The number of nitrogens with two attached hydrogens (primary N) is 1. The standard InChI is InChI=1S/C29H37FN4O5S.C24H29FN4O3S.ClH/c1-19-26(20-10-9-11-23(16-20)40(37,38)33(7)8)24-17-21(27(35)32(5)6)12-13-25(24)34(19)18-22(30)14-15-31-28(36)39-29(2,3)4;1-16-23(17-7-6-8-20(13-17)33(31,32)28(4)5)21-14-18(24(30)27(2)3)9-10-22(21)29(16)15-19(25)11-12-26;/h9-14,16-17H,15,18H2,1-8H3,(H,31,36);6-11,13-14H,12,15,26H2,1-5H3;1H/b22-14-;19-11-;. The molecule has 0 aliphatic rings. The number of amides is 3. The predicted molar refractivity (Wildman–Crippen MR) is 291 cm³/mol. The largest absolute Gasteiger partial charge is 0.444 e. The second-order valence-corrected chi connectivity index (χ2v) is 23.3. The predicted octanol–water partition coefficient (Wildman–Crippen LogP) is 8.75. The van der Waals surface area contributed by atoms with E-state index in [1.165, 1.54) is 62.3 Å². The Morgan fingerprint density at radius 3 is 1.38 bits per heavy atom. The van der Waals surface area contributed by atoms with Gasteiger partial charge in [-0.15, -0.1) is 12.4 Å². The lowest BCUT2D eigenvalue weighted by Gasteiger charge is -2.19. The van der Waals surface area contributed by atoms with Crippen LogP contribution in [0.4, 0.5) is 13.6 Å². The van der Waals surface area contributed by atoms with E-state index < -0.39 is 37.6 Å². The van der Waals surface area contributed by atoms with Crippen molar-refractivity contribution in [3.05, 3.63) is 131 Å². The number of carbonyl (C=O) groups excluding carboxylic acids is 3. The van der Waals surface area contributed by atoms with Crippen molar-refractivity contribution in [3.8, 4) is 22.3 Å². The molecule has 0 saturated heterocycles. The third-order valence-electron chi connectivity index (χ3n) is 11.7. The number of rotatable bonds is 15. The zero-order valence-electron chi connectivity index (χ0n) is 44.1. The third-order valence-corrected chi connectivity index (χ3v) is 15.3. The number of aromatic nitrogens is 2. The van der Waals surface area contributed by atoms with E-state index in [1.54, 1.807) is 120 Å². The molecule has 2 heterocycles. The SMILES string of the molecule is Cc1c(-c2cccc(S(=O)(=O)N(C)C)c2)c2cc(C(=O)N(C)C)ccc2n1C/C(F)=C/CN.Cc1c(-c2cccc(S(=O)(=O)N(C)C)c2)c2cc(C(=O)N(C)C)ccc2n1C/C(F)=C/CNC(=O)OC(C)(C)C.Cl. The van der Waals surface area contributed by atoms with E-state index in [0.29, 0.717) is 44.4 Å². The minimum atomic E-state index is -3.70. The Morgan fingerprint density at radius 2 is 1.03 bits per heavy atom. The normalized spacial score (nSPS) is 12.4. The Bertz CT molecular complexity index is 3360. The zero-order valence-corrected chi connectivity index (χ0v) is 46.5. The number of allylic oxidation sites excluding steroid dienone is 2. The molecular weight excluding hydrogens is 1010 g/mol. The summed E-state index contributed by atoms with van der Waals surface area (Å²) in [6, 6.07) is 23.6. The van der Waals surface area contributed by atoms with Gasteiger partial charge in [0.1, 0.15) is 17.3 Å². The third kappa shape index (κ3) is 13.6. The van der Waals surface area contributed by atoms with Crippen molar-refractivity contribution >= 4 is 72.2 Å². The number of sulfonamides is 2. The highest BCUT2D eigenvalue weighted by Crippen LogP contribution is 2.39. The molecule has 400 valence electrons. The molecule has 3 N–H and O–H groups in total. The summed E-state index contributed by atoms with van der Waals surface area (Å²) in [5.74, 6) is -1.21. The van der Waals surface area contributed by atoms with Crippen molar-refractivity contribution < 1.29 is 44.7 Å². The molecule has 0 bridgehead atoms. The highest BCUT2D eigenvalue weighted by atomic mass is 35.5. The number of nitrogens with one attached hydrogen (secondary N) is 1. The number of ether oxygens (including phenoxy) is 1. The summed E-state index contributed by atoms with van der Waals surface area (Å²) in [6.07, 6.45) is 1.94. The number of hydrogen-bond donors (Lipinski definition) is 2. The van der Waals surface area contributed by atoms with Crippen molar-refractivity contribution in [2.45, 2.75) is 63.1 Å². The molecule has 16 nitrogen and oxygen atoms in total. The van der Waals surface area contributed by atoms with Gasteiger partial charge in [-0.25, -0.2) is 39.0 Å². The molecule has 0 aliphatic carbocycles. The van der Waals surface area contributed by atoms with Crippen LogP contribution in [-0.2, 0) is 37.9 Å². The minimum absolute atomic E-state index is 0. The molecule has 2 aromatic heterocycles. The fourth-order valence-electron chi connectivity index (χ4n) is 8.05. The number of halogens is 3. The van der Waals surface area contributed by atoms with Crippen LogP contribution in [0.1, 0.15) is 52.9 Å². The van der Waals surface area contributed by atoms with Gasteiger partial charge in [0.25, 0.3) is 11.8 Å². The Labute approximate surface area is 439 Å². The second kappa shape index (κ2) is 24.3. The topological polar surface area (TPSA) is 190 Å². The molecule has 4 aromatic carbocycles. The van der Waals surface area contributed by atoms with Crippen LogP contribution in [0.15, 0.2) is 119 Å². The highest BCUT2D eigenvalue weighted by molar-refractivity contribution is 7.89. The fourth-order valence-corrected chi connectivity index (χ4v) is 9.94. The molecule has 0 spiro atoms. The van der Waals surface area contributed by atoms with Crippen molar-refractivity contribution in [2.75, 3.05) is 69.5 Å². The van der Waals surface area contributed by atoms with Crippen molar-refractivity contribution in [2.24, 2.45) is 5.73 Å². The van der Waals surface area contributed by atoms with Crippen LogP contribution in [0.5, 0.6) is 0 Å². The average molecular weight is 1080 g/mol. The van der Waals surface area contributed by atoms with Crippen LogP contribution < -0.4 is 11.1 Å². The summed E-state index contributed by atoms with van der Waals surface area (Å²) < 4.78 is 91.7. The van der Waals surface area contributed by atoms with E-state index in [-0.39, 0.29) is 66.0 Å². The van der Waals surface area contributed by atoms with Gasteiger partial charge in [-0.1, -0.05) is 24.3 Å². The second-order valence-electron chi connectivity index (χ2n) is 19.0. The van der Waals surface area contributed by atoms with Gasteiger partial charge < -0.3 is 34.7 Å². The van der Waals surface area contributed by atoms with E-state index in [4.69, 9.17) is 10.5 Å². The van der Waals surface area contributed by atoms with Gasteiger partial charge in [0.2, 0.25) is 20.0 Å². The van der Waals surface area contributed by atoms with E-state index in [0.717, 1.165) is 30.8 Å². The highest BCUT2D eigenvalue weighted by Gasteiger charge is 2.25. The summed E-state index contributed by atoms with van der Waals surface area (Å²) in [5, 5.41) is 3.93. The summed E-state index contributed by atoms with van der Waals surface area (Å²) in [6.45, 7) is 8.77. The fraction of sp³-hybridized carbons (Fsp3) is 0.340. The first-order valence-electron chi connectivity index (χ1n) is 23.1. The lowest BCUT2D eigenvalue weighted by molar-refractivity contribution is 0.0533. The molecule has 74 heavy (non-hydrogen) atoms. The van der Waals surface area contributed by atoms with Gasteiger partial charge in [-0.3, -0.25) is 9.59 Å². The lowest BCUT2D eigenvalue weighted by Crippen LogP contribution is -2.32. The van der Waals surface area contributed by atoms with Gasteiger partial charge in [0.15, 0.2) is 0 Å². The maximum absolute atomic E-state index is 15.1. The molecule has 0 fully saturated rings. The minimum Gasteiger partial charge on any atom is -0.444 e. The number of hydrogen-bond acceptors (Lipinski definition) is 9. The summed E-state index contributed by atoms with van der Waals surface area (Å²) >= 11 is 0. The number of nitrogens with zero attached hydrogens (tertiary/aromatic N) is 6. The monoisotopic (exact) mass is 1080 g/mol. The molecule has 0 saturated carbocycles. The summed E-state index contributed by atoms with van der Waals surface area (Å²) in [7, 11) is 5.20. The molecule has 0 unspecified atom stereocenters. The Morgan fingerprint density at radius 1 is 0.635 bits per heavy atom. The first kappa shape index (κ1) is 60.1. The maximum Gasteiger partial charge on any atom is 0.407 e. The number of fused-ring (bicyclic) bond motifs is 2. The molecule has 0 radical (unpaired) electrons. The van der Waals surface area contributed by atoms with E-state index in [2.05, 4.69) is 5.32 Å². The smallest absolute Gasteiger partial charge is 0.407 e. The van der Waals surface area contributed by atoms with E-state index >= 15 is 4.39 Å². The molecule has 3 amide bonds. The van der Waals surface area contributed by atoms with Gasteiger partial charge >= 0.3 is 6.09 Å². The van der Waals surface area contributed by atoms with E-state index in [1.807, 2.05) is 24.5 Å². The quantitative estimate of drug-likeness (QED) is 0.101. The van der Waals surface area contributed by atoms with Crippen LogP contribution in [0.2, 0.25) is 0 Å². The van der Waals surface area contributed by atoms with E-state index in [9.17, 15) is 35.6 Å². The molecule has 6 rings (SSSR count). The lowest BCUT2D eigenvalue weighted by atomic mass is 10.0. The summed E-state index contributed by atoms with van der Waals surface area (Å²) in [5.41, 5.74) is 11.3. The van der Waals surface area contributed by atoms with Crippen LogP contribution >= 0.6 is 12.4 Å². The maximum atomic E-state index is 15.1. The number of alkyl carbamates (subject to hydrolysis) is 1. The first-order chi connectivity index (χ1) is 34.0. The van der Waals surface area contributed by atoms with Crippen molar-refractivity contribution in [1.29, 1.82) is 0 Å². The van der Waals surface area contributed by atoms with Gasteiger partial charge in [-0.05, 0) is 119 Å². The molecular formula is C53H67ClF2N8O8S2. The molecule has 0 atom stereocenters. The van der Waals surface area contributed by atoms with Gasteiger partial charge in [-0.2, -0.15) is 0 Å². The first-order valence-corrected chi connectivity index (χ1v) is 26.0. The number of benzene rings is 4. The Balaban J connectivity index is 0.000000322. The Hall–Kier alpha value is -6.42. The van der Waals surface area contributed by atoms with Crippen molar-refractivity contribution in [3.63, 3.8) is 0 Å². The molecule has 0 aliphatic heterocycles. The van der Waals surface area contributed by atoms with Gasteiger partial charge in [0.05, 0.1) is 22.9 Å². The van der Waals surface area contributed by atoms with Crippen LogP contribution in [0.3, 0.4) is 0 Å². The van der Waals surface area contributed by atoms with Gasteiger partial charge in [0, 0.05) is 125 Å². The number of carbonyl (C=O) groups is 3. The van der Waals surface area contributed by atoms with Crippen LogP contribution in [0.25, 0.3) is 44.1 Å². The average Bonchev–Trinajstić information content (AvgIpc) is 3.74. The van der Waals surface area contributed by atoms with Crippen LogP contribution in [-0.4, -0.2) is 137 Å². The van der Waals surface area contributed by atoms with Crippen LogP contribution in [0, 0.1) is 13.8 Å². The zero-order chi connectivity index (χ0) is 54.5. The summed E-state index contributed by atoms with van der Waals surface area (Å²) in [4.78, 5) is 40.5. The molecule has 6 aromatic rings. The molecule has 21 heteroatoms.